The van der Waals surface area contributed by atoms with Crippen LogP contribution in [0.4, 0.5) is 5.69 Å². The number of nitrogens with one attached hydrogen (secondary N) is 1. The summed E-state index contributed by atoms with van der Waals surface area (Å²) in [6, 6.07) is 6.75. The molecule has 0 saturated carbocycles. The van der Waals surface area contributed by atoms with E-state index in [-0.39, 0.29) is 28.1 Å². The van der Waals surface area contributed by atoms with E-state index in [0.717, 1.165) is 6.07 Å². The summed E-state index contributed by atoms with van der Waals surface area (Å²) >= 11 is 0. The number of cyclic esters (lactones) is 1. The van der Waals surface area contributed by atoms with Crippen LogP contribution in [0.3, 0.4) is 0 Å². The first-order valence-corrected chi connectivity index (χ1v) is 7.69. The summed E-state index contributed by atoms with van der Waals surface area (Å²) in [7, 11) is 2.83. The number of fused-ring (bicyclic) bond motifs is 1. The molecule has 9 nitrogen and oxygen atoms in total. The molecule has 2 aromatic carbocycles. The maximum absolute atomic E-state index is 12.3. The molecule has 1 heterocycles. The molecule has 1 aliphatic heterocycles. The number of methoxy groups -OCH3 is 2. The van der Waals surface area contributed by atoms with Gasteiger partial charge in [-0.15, -0.1) is 0 Å². The van der Waals surface area contributed by atoms with Crippen molar-refractivity contribution in [2.75, 3.05) is 19.5 Å². The van der Waals surface area contributed by atoms with Gasteiger partial charge in [0.05, 0.1) is 25.3 Å². The molecule has 0 unspecified atom stereocenters. The summed E-state index contributed by atoms with van der Waals surface area (Å²) in [4.78, 5) is 34.7. The van der Waals surface area contributed by atoms with Gasteiger partial charge in [-0.1, -0.05) is 0 Å². The van der Waals surface area contributed by atoms with E-state index >= 15 is 0 Å². The van der Waals surface area contributed by atoms with E-state index < -0.39 is 24.1 Å². The summed E-state index contributed by atoms with van der Waals surface area (Å²) in [5.74, 6) is -2.64. The standard InChI is InChI=1S/C18H15NO8/c1-25-12-4-3-11-13(14(12)26-2)18(24)27-15(11)19-10-6-8(16(20)21)5-9(7-10)17(22)23/h3-7,15,19H,1-2H3,(H,20,21)(H,22,23)/t15-/m0/s1. The van der Waals surface area contributed by atoms with Crippen molar-refractivity contribution in [3.63, 3.8) is 0 Å². The number of anilines is 1. The zero-order chi connectivity index (χ0) is 19.7. The molecule has 0 spiro atoms. The zero-order valence-corrected chi connectivity index (χ0v) is 14.3. The van der Waals surface area contributed by atoms with Crippen LogP contribution in [0.1, 0.15) is 42.9 Å². The molecule has 9 heteroatoms. The number of carboxylic acids is 2. The first-order valence-electron chi connectivity index (χ1n) is 7.69. The monoisotopic (exact) mass is 373 g/mol. The van der Waals surface area contributed by atoms with Crippen LogP contribution < -0.4 is 14.8 Å². The number of benzene rings is 2. The molecule has 0 amide bonds. The van der Waals surface area contributed by atoms with Crippen LogP contribution in [0.15, 0.2) is 30.3 Å². The van der Waals surface area contributed by atoms with Crippen molar-refractivity contribution < 1.29 is 38.8 Å². The van der Waals surface area contributed by atoms with Gasteiger partial charge in [-0.25, -0.2) is 14.4 Å². The third-order valence-electron chi connectivity index (χ3n) is 4.01. The van der Waals surface area contributed by atoms with Crippen molar-refractivity contribution in [3.05, 3.63) is 52.6 Å². The lowest BCUT2D eigenvalue weighted by Crippen LogP contribution is -2.12. The average molecular weight is 373 g/mol. The minimum Gasteiger partial charge on any atom is -0.493 e. The van der Waals surface area contributed by atoms with Gasteiger partial charge < -0.3 is 29.7 Å². The Balaban J connectivity index is 2.01. The first-order chi connectivity index (χ1) is 12.8. The number of ether oxygens (including phenoxy) is 3. The maximum Gasteiger partial charge on any atom is 0.344 e. The average Bonchev–Trinajstić information content (AvgIpc) is 2.96. The highest BCUT2D eigenvalue weighted by atomic mass is 16.6. The Bertz CT molecular complexity index is 920. The molecule has 0 aromatic heterocycles. The normalized spacial score (nSPS) is 14.9. The fraction of sp³-hybridized carbons (Fsp3) is 0.167. The molecular weight excluding hydrogens is 358 g/mol. The third-order valence-corrected chi connectivity index (χ3v) is 4.01. The van der Waals surface area contributed by atoms with Crippen LogP contribution >= 0.6 is 0 Å². The van der Waals surface area contributed by atoms with E-state index in [4.69, 9.17) is 24.4 Å². The summed E-state index contributed by atoms with van der Waals surface area (Å²) in [6.07, 6.45) is -0.946. The van der Waals surface area contributed by atoms with E-state index in [0.29, 0.717) is 11.3 Å². The lowest BCUT2D eigenvalue weighted by molar-refractivity contribution is 0.0433. The smallest absolute Gasteiger partial charge is 0.344 e. The van der Waals surface area contributed by atoms with Crippen LogP contribution in [0.25, 0.3) is 0 Å². The Labute approximate surface area is 153 Å². The van der Waals surface area contributed by atoms with Crippen LogP contribution in [-0.4, -0.2) is 42.3 Å². The van der Waals surface area contributed by atoms with Gasteiger partial charge in [0.25, 0.3) is 0 Å². The summed E-state index contributed by atoms with van der Waals surface area (Å²) < 4.78 is 15.7. The topological polar surface area (TPSA) is 131 Å². The quantitative estimate of drug-likeness (QED) is 0.653. The predicted molar refractivity (Wildman–Crippen MR) is 91.7 cm³/mol. The fourth-order valence-corrected chi connectivity index (χ4v) is 2.82. The number of carbonyl (C=O) groups excluding carboxylic acids is 1. The van der Waals surface area contributed by atoms with E-state index in [2.05, 4.69) is 5.32 Å². The maximum atomic E-state index is 12.3. The number of hydrogen-bond donors (Lipinski definition) is 3. The second-order valence-electron chi connectivity index (χ2n) is 5.60. The van der Waals surface area contributed by atoms with Crippen molar-refractivity contribution in [1.82, 2.24) is 0 Å². The number of esters is 1. The van der Waals surface area contributed by atoms with Gasteiger partial charge in [0.1, 0.15) is 5.56 Å². The minimum absolute atomic E-state index is 0.174. The van der Waals surface area contributed by atoms with Crippen molar-refractivity contribution in [2.45, 2.75) is 6.23 Å². The number of carbonyl (C=O) groups is 3. The molecule has 0 radical (unpaired) electrons. The van der Waals surface area contributed by atoms with Crippen molar-refractivity contribution in [2.24, 2.45) is 0 Å². The van der Waals surface area contributed by atoms with Gasteiger partial charge in [-0.2, -0.15) is 0 Å². The van der Waals surface area contributed by atoms with E-state index in [1.54, 1.807) is 12.1 Å². The summed E-state index contributed by atoms with van der Waals surface area (Å²) in [5, 5.41) is 21.2. The third kappa shape index (κ3) is 3.22. The number of rotatable bonds is 6. The van der Waals surface area contributed by atoms with Crippen LogP contribution in [0.2, 0.25) is 0 Å². The molecule has 3 rings (SSSR count). The molecule has 0 aliphatic carbocycles. The van der Waals surface area contributed by atoms with E-state index in [1.165, 1.54) is 26.4 Å². The number of aromatic carboxylic acids is 2. The predicted octanol–water partition coefficient (Wildman–Crippen LogP) is 2.38. The van der Waals surface area contributed by atoms with Crippen molar-refractivity contribution in [3.8, 4) is 11.5 Å². The van der Waals surface area contributed by atoms with Gasteiger partial charge in [0.15, 0.2) is 11.5 Å². The molecule has 1 aliphatic rings. The SMILES string of the molecule is COc1ccc2c(c1OC)C(=O)O[C@@H]2Nc1cc(C(=O)O)cc(C(=O)O)c1. The Morgan fingerprint density at radius 2 is 1.67 bits per heavy atom. The first kappa shape index (κ1) is 18.1. The van der Waals surface area contributed by atoms with Gasteiger partial charge in [0.2, 0.25) is 6.23 Å². The Morgan fingerprint density at radius 3 is 2.19 bits per heavy atom. The molecule has 140 valence electrons. The summed E-state index contributed by atoms with van der Waals surface area (Å²) in [6.45, 7) is 0. The Hall–Kier alpha value is -3.75. The lowest BCUT2D eigenvalue weighted by atomic mass is 10.1. The van der Waals surface area contributed by atoms with E-state index in [9.17, 15) is 14.4 Å². The highest BCUT2D eigenvalue weighted by Gasteiger charge is 2.36. The van der Waals surface area contributed by atoms with Crippen LogP contribution in [0.5, 0.6) is 11.5 Å². The zero-order valence-electron chi connectivity index (χ0n) is 14.3. The van der Waals surface area contributed by atoms with Gasteiger partial charge >= 0.3 is 17.9 Å². The Morgan fingerprint density at radius 1 is 1.04 bits per heavy atom. The molecule has 1 atom stereocenters. The minimum atomic E-state index is -1.28. The molecule has 3 N–H and O–H groups in total. The largest absolute Gasteiger partial charge is 0.493 e. The second kappa shape index (κ2) is 6.87. The molecule has 2 aromatic rings. The van der Waals surface area contributed by atoms with Gasteiger partial charge in [-0.05, 0) is 30.3 Å². The van der Waals surface area contributed by atoms with Crippen LogP contribution in [-0.2, 0) is 4.74 Å². The second-order valence-corrected chi connectivity index (χ2v) is 5.60. The molecule has 0 saturated heterocycles. The molecule has 27 heavy (non-hydrogen) atoms. The molecule has 0 fully saturated rings. The summed E-state index contributed by atoms with van der Waals surface area (Å²) in [5.41, 5.74) is 0.383. The van der Waals surface area contributed by atoms with Crippen molar-refractivity contribution >= 4 is 23.6 Å². The lowest BCUT2D eigenvalue weighted by Gasteiger charge is -2.16. The van der Waals surface area contributed by atoms with Crippen molar-refractivity contribution in [1.29, 1.82) is 0 Å². The number of carboxylic acid groups (broad SMARTS) is 2. The molecular formula is C18H15NO8. The fourth-order valence-electron chi connectivity index (χ4n) is 2.82. The van der Waals surface area contributed by atoms with Crippen LogP contribution in [0, 0.1) is 0 Å². The van der Waals surface area contributed by atoms with Gasteiger partial charge in [0, 0.05) is 11.3 Å². The van der Waals surface area contributed by atoms with E-state index in [1.807, 2.05) is 0 Å². The molecule has 0 bridgehead atoms. The number of hydrogen-bond acceptors (Lipinski definition) is 7. The highest BCUT2D eigenvalue weighted by molar-refractivity contribution is 5.99. The van der Waals surface area contributed by atoms with Gasteiger partial charge in [-0.3, -0.25) is 0 Å². The highest BCUT2D eigenvalue weighted by Crippen LogP contribution is 2.42. The Kier molecular flexibility index (Phi) is 4.59.